The van der Waals surface area contributed by atoms with Gasteiger partial charge < -0.3 is 36.4 Å². The molecule has 14 nitrogen and oxygen atoms in total. The quantitative estimate of drug-likeness (QED) is 0.118. The first kappa shape index (κ1) is 45.2. The van der Waals surface area contributed by atoms with Crippen LogP contribution in [0.3, 0.4) is 0 Å². The van der Waals surface area contributed by atoms with Crippen molar-refractivity contribution in [1.82, 2.24) is 30.7 Å². The summed E-state index contributed by atoms with van der Waals surface area (Å²) in [6, 6.07) is 5.47. The molecule has 0 spiro atoms. The van der Waals surface area contributed by atoms with Crippen molar-refractivity contribution in [3.63, 3.8) is 0 Å². The summed E-state index contributed by atoms with van der Waals surface area (Å²) in [5, 5.41) is 20.3. The van der Waals surface area contributed by atoms with Gasteiger partial charge in [-0.2, -0.15) is 0 Å². The van der Waals surface area contributed by atoms with Crippen molar-refractivity contribution in [1.29, 1.82) is 0 Å². The van der Waals surface area contributed by atoms with Crippen LogP contribution < -0.4 is 21.7 Å². The van der Waals surface area contributed by atoms with Crippen LogP contribution in [0.1, 0.15) is 114 Å². The molecule has 0 radical (unpaired) electrons. The predicted molar refractivity (Wildman–Crippen MR) is 215 cm³/mol. The maximum atomic E-state index is 14.4. The number of aromatic nitrogens is 1. The van der Waals surface area contributed by atoms with Crippen molar-refractivity contribution in [2.24, 2.45) is 17.8 Å². The smallest absolute Gasteiger partial charge is 0.407 e. The SMILES string of the molecule is CCNC(=O)O[C@H](C[C@H](C(C)C)N(C)C(=O)[C@@H](NC(=O)[C@]1(C)CCCCN1C)[C@@H](C)CC)c1nc(C(=O)N[C@@H](Cc2ccc(N)cc2)C[C@H](C)C(=O)O)cs1. The average Bonchev–Trinajstić information content (AvgIpc) is 3.64. The molecular formula is C40H63N7O7S. The van der Waals surface area contributed by atoms with Crippen molar-refractivity contribution in [3.8, 4) is 0 Å². The zero-order valence-electron chi connectivity index (χ0n) is 34.0. The molecule has 2 heterocycles. The maximum absolute atomic E-state index is 14.4. The first-order valence-corrected chi connectivity index (χ1v) is 20.4. The standard InChI is InChI=1S/C40H63N7O7S/c1-10-25(5)33(45-38(52)40(7)18-12-13-19-46(40)8)36(49)47(9)31(24(3)4)22-32(54-39(53)42-11-2)35-44-30(23-55-35)34(48)43-29(20-26(6)37(50)51)21-27-14-16-28(41)17-15-27/h14-17,23-26,29,31-33H,10-13,18-22,41H2,1-9H3,(H,42,53)(H,43,48)(H,45,52)(H,50,51)/t25-,26-,29+,31+,32+,33-,40-/m0/s1. The minimum atomic E-state index is -0.968. The van der Waals surface area contributed by atoms with Crippen LogP contribution in [0.4, 0.5) is 10.5 Å². The molecule has 4 amide bonds. The van der Waals surface area contributed by atoms with Crippen LogP contribution in [0.2, 0.25) is 0 Å². The van der Waals surface area contributed by atoms with Gasteiger partial charge in [-0.25, -0.2) is 9.78 Å². The fourth-order valence-electron chi connectivity index (χ4n) is 6.97. The first-order valence-electron chi connectivity index (χ1n) is 19.5. The van der Waals surface area contributed by atoms with Gasteiger partial charge in [-0.1, -0.05) is 53.2 Å². The molecular weight excluding hydrogens is 723 g/mol. The van der Waals surface area contributed by atoms with Gasteiger partial charge in [0.15, 0.2) is 6.10 Å². The monoisotopic (exact) mass is 785 g/mol. The van der Waals surface area contributed by atoms with E-state index in [0.717, 1.165) is 36.3 Å². The lowest BCUT2D eigenvalue weighted by molar-refractivity contribution is -0.143. The predicted octanol–water partition coefficient (Wildman–Crippen LogP) is 5.24. The van der Waals surface area contributed by atoms with Crippen molar-refractivity contribution in [2.45, 2.75) is 123 Å². The number of nitrogens with zero attached hydrogens (tertiary/aromatic N) is 3. The molecule has 1 fully saturated rings. The number of amides is 4. The third-order valence-electron chi connectivity index (χ3n) is 11.0. The Morgan fingerprint density at radius 3 is 2.31 bits per heavy atom. The molecule has 15 heteroatoms. The van der Waals surface area contributed by atoms with Crippen LogP contribution >= 0.6 is 11.3 Å². The van der Waals surface area contributed by atoms with Gasteiger partial charge in [0.2, 0.25) is 11.8 Å². The number of carboxylic acid groups (broad SMARTS) is 1. The van der Waals surface area contributed by atoms with Crippen molar-refractivity contribution >= 4 is 46.8 Å². The molecule has 0 unspecified atom stereocenters. The number of nitrogen functional groups attached to an aromatic ring is 1. The van der Waals surface area contributed by atoms with E-state index in [1.165, 1.54) is 0 Å². The second kappa shape index (κ2) is 20.6. The normalized spacial score (nSPS) is 19.3. The zero-order valence-corrected chi connectivity index (χ0v) is 34.8. The summed E-state index contributed by atoms with van der Waals surface area (Å²) in [7, 11) is 3.66. The Kier molecular flexibility index (Phi) is 16.9. The van der Waals surface area contributed by atoms with Crippen LogP contribution in [0.25, 0.3) is 0 Å². The maximum Gasteiger partial charge on any atom is 0.407 e. The third-order valence-corrected chi connectivity index (χ3v) is 12.0. The number of rotatable bonds is 19. The van der Waals surface area contributed by atoms with Crippen molar-refractivity contribution in [2.75, 3.05) is 32.9 Å². The van der Waals surface area contributed by atoms with E-state index in [9.17, 15) is 29.1 Å². The van der Waals surface area contributed by atoms with E-state index >= 15 is 0 Å². The Balaban J connectivity index is 1.87. The number of likely N-dealkylation sites (N-methyl/N-ethyl adjacent to an activating group) is 2. The summed E-state index contributed by atoms with van der Waals surface area (Å²) >= 11 is 1.16. The first-order chi connectivity index (χ1) is 25.9. The lowest BCUT2D eigenvalue weighted by atomic mass is 9.86. The highest BCUT2D eigenvalue weighted by Gasteiger charge is 2.42. The van der Waals surface area contributed by atoms with Gasteiger partial charge in [0.25, 0.3) is 5.91 Å². The Labute approximate surface area is 330 Å². The van der Waals surface area contributed by atoms with Gasteiger partial charge in [-0.3, -0.25) is 24.1 Å². The molecule has 0 aliphatic carbocycles. The van der Waals surface area contributed by atoms with E-state index in [2.05, 4.69) is 25.8 Å². The molecule has 0 saturated carbocycles. The number of hydrogen-bond acceptors (Lipinski definition) is 10. The number of carbonyl (C=O) groups excluding carboxylic acids is 4. The van der Waals surface area contributed by atoms with E-state index in [1.54, 1.807) is 43.3 Å². The fourth-order valence-corrected chi connectivity index (χ4v) is 7.81. The number of likely N-dealkylation sites (tertiary alicyclic amines) is 1. The van der Waals surface area contributed by atoms with Crippen molar-refractivity contribution < 1.29 is 33.8 Å². The average molecular weight is 786 g/mol. The molecule has 0 bridgehead atoms. The highest BCUT2D eigenvalue weighted by atomic mass is 32.1. The second-order valence-corrected chi connectivity index (χ2v) is 16.5. The van der Waals surface area contributed by atoms with Gasteiger partial charge in [0.1, 0.15) is 16.7 Å². The molecule has 306 valence electrons. The highest BCUT2D eigenvalue weighted by molar-refractivity contribution is 7.09. The lowest BCUT2D eigenvalue weighted by Crippen LogP contribution is -2.62. The lowest BCUT2D eigenvalue weighted by Gasteiger charge is -2.43. The highest BCUT2D eigenvalue weighted by Crippen LogP contribution is 2.32. The van der Waals surface area contributed by atoms with E-state index < -0.39 is 53.7 Å². The molecule has 3 rings (SSSR count). The van der Waals surface area contributed by atoms with Gasteiger partial charge >= 0.3 is 12.1 Å². The number of carboxylic acids is 1. The number of hydrogen-bond donors (Lipinski definition) is 5. The van der Waals surface area contributed by atoms with Crippen LogP contribution in [0, 0.1) is 17.8 Å². The van der Waals surface area contributed by atoms with Crippen LogP contribution in [-0.4, -0.2) is 101 Å². The largest absolute Gasteiger partial charge is 0.481 e. The number of anilines is 1. The summed E-state index contributed by atoms with van der Waals surface area (Å²) in [5.41, 5.74) is 6.70. The number of benzene rings is 1. The number of thiazole rings is 1. The van der Waals surface area contributed by atoms with Crippen LogP contribution in [-0.2, 0) is 25.5 Å². The van der Waals surface area contributed by atoms with Gasteiger partial charge in [0, 0.05) is 43.2 Å². The summed E-state index contributed by atoms with van der Waals surface area (Å²) in [6.45, 7) is 14.3. The Morgan fingerprint density at radius 2 is 1.73 bits per heavy atom. The Hall–Kier alpha value is -4.24. The summed E-state index contributed by atoms with van der Waals surface area (Å²) in [5.74, 6) is -2.80. The molecule has 6 N–H and O–H groups in total. The molecule has 1 aromatic carbocycles. The fraction of sp³-hybridized carbons (Fsp3) is 0.650. The Bertz CT molecular complexity index is 1600. The Morgan fingerprint density at radius 1 is 1.05 bits per heavy atom. The van der Waals surface area contributed by atoms with Crippen LogP contribution in [0.5, 0.6) is 0 Å². The van der Waals surface area contributed by atoms with E-state index in [0.29, 0.717) is 36.5 Å². The van der Waals surface area contributed by atoms with Gasteiger partial charge in [-0.05, 0) is 89.1 Å². The number of piperidine rings is 1. The van der Waals surface area contributed by atoms with Gasteiger partial charge in [0.05, 0.1) is 11.5 Å². The van der Waals surface area contributed by atoms with E-state index in [1.807, 2.05) is 53.8 Å². The summed E-state index contributed by atoms with van der Waals surface area (Å²) < 4.78 is 5.90. The molecule has 1 aromatic heterocycles. The van der Waals surface area contributed by atoms with Gasteiger partial charge in [-0.15, -0.1) is 11.3 Å². The minimum Gasteiger partial charge on any atom is -0.481 e. The minimum absolute atomic E-state index is 0.0855. The van der Waals surface area contributed by atoms with Crippen LogP contribution in [0.15, 0.2) is 29.6 Å². The molecule has 1 aliphatic rings. The number of carbonyl (C=O) groups is 5. The topological polar surface area (TPSA) is 196 Å². The molecule has 2 aromatic rings. The van der Waals surface area contributed by atoms with Crippen molar-refractivity contribution in [3.05, 3.63) is 45.9 Å². The van der Waals surface area contributed by atoms with E-state index in [-0.39, 0.29) is 42.2 Å². The summed E-state index contributed by atoms with van der Waals surface area (Å²) in [6.07, 6.45) is 2.52. The number of aliphatic carboxylic acids is 1. The second-order valence-electron chi connectivity index (χ2n) is 15.6. The number of ether oxygens (including phenoxy) is 1. The van der Waals surface area contributed by atoms with E-state index in [4.69, 9.17) is 10.5 Å². The molecule has 7 atom stereocenters. The molecule has 1 aliphatic heterocycles. The molecule has 55 heavy (non-hydrogen) atoms. The number of nitrogens with one attached hydrogen (secondary N) is 3. The number of nitrogens with two attached hydrogens (primary N) is 1. The number of alkyl carbamates (subject to hydrolysis) is 1. The zero-order chi connectivity index (χ0) is 41.0. The third kappa shape index (κ3) is 12.4. The molecule has 1 saturated heterocycles. The summed E-state index contributed by atoms with van der Waals surface area (Å²) in [4.78, 5) is 74.7.